The fourth-order valence-electron chi connectivity index (χ4n) is 1.24. The predicted octanol–water partition coefficient (Wildman–Crippen LogP) is -2.92. The molecule has 0 aromatic heterocycles. The maximum absolute atomic E-state index is 11.4. The molecule has 1 unspecified atom stereocenters. The first-order chi connectivity index (χ1) is 8.71. The largest absolute Gasteiger partial charge is 1.00 e. The van der Waals surface area contributed by atoms with Crippen molar-refractivity contribution in [3.63, 3.8) is 0 Å². The van der Waals surface area contributed by atoms with Gasteiger partial charge in [-0.05, 0) is 26.0 Å². The molecule has 1 atom stereocenters. The van der Waals surface area contributed by atoms with E-state index >= 15 is 0 Å². The smallest absolute Gasteiger partial charge is 0.627 e. The van der Waals surface area contributed by atoms with E-state index in [0.717, 1.165) is 12.1 Å². The van der Waals surface area contributed by atoms with Crippen molar-refractivity contribution in [3.05, 3.63) is 33.9 Å². The van der Waals surface area contributed by atoms with E-state index in [9.17, 15) is 19.9 Å². The molecule has 0 saturated heterocycles. The minimum absolute atomic E-state index is 0. The first kappa shape index (κ1) is 19.7. The number of aryl methyl sites for hydroxylation is 1. The standard InChI is InChI=1S/C10H14NO7P.Na/c1-7-5-9(3-4-10(7)11(13)14)18-19(15,16)17-6-8(2)12;/h3-5,8,12H,6H2,1-2H3,(H,15,16);/q;+1/p-1. The molecular formula is C10H13NNaO7P. The van der Waals surface area contributed by atoms with Crippen LogP contribution in [0.2, 0.25) is 0 Å². The van der Waals surface area contributed by atoms with Crippen LogP contribution in [-0.2, 0) is 4.52 Å². The fourth-order valence-corrected chi connectivity index (χ4v) is 2.07. The van der Waals surface area contributed by atoms with E-state index in [1.54, 1.807) is 0 Å². The molecule has 1 aromatic rings. The molecule has 0 amide bonds. The van der Waals surface area contributed by atoms with Gasteiger partial charge in [0.05, 0.1) is 11.0 Å². The molecule has 0 heterocycles. The van der Waals surface area contributed by atoms with Gasteiger partial charge in [-0.15, -0.1) is 0 Å². The van der Waals surface area contributed by atoms with Gasteiger partial charge < -0.3 is 19.4 Å². The zero-order valence-corrected chi connectivity index (χ0v) is 14.2. The Labute approximate surface area is 138 Å². The summed E-state index contributed by atoms with van der Waals surface area (Å²) in [5, 5.41) is 19.5. The Morgan fingerprint density at radius 2 is 2.05 bits per heavy atom. The first-order valence-corrected chi connectivity index (χ1v) is 6.75. The van der Waals surface area contributed by atoms with Gasteiger partial charge in [-0.25, -0.2) is 4.52 Å². The molecule has 0 bridgehead atoms. The van der Waals surface area contributed by atoms with Gasteiger partial charge in [0.25, 0.3) is 5.69 Å². The number of aliphatic hydroxyl groups excluding tert-OH is 1. The predicted molar refractivity (Wildman–Crippen MR) is 63.0 cm³/mol. The number of aliphatic hydroxyl groups is 1. The molecule has 0 aliphatic carbocycles. The topological polar surface area (TPSA) is 128 Å². The molecule has 106 valence electrons. The van der Waals surface area contributed by atoms with Gasteiger partial charge in [0.1, 0.15) is 6.61 Å². The number of phosphoric acid groups is 1. The average molecular weight is 313 g/mol. The van der Waals surface area contributed by atoms with Crippen molar-refractivity contribution in [1.29, 1.82) is 0 Å². The van der Waals surface area contributed by atoms with Crippen molar-refractivity contribution < 1.29 is 58.4 Å². The first-order valence-electron chi connectivity index (χ1n) is 5.29. The van der Waals surface area contributed by atoms with Crippen molar-refractivity contribution in [2.75, 3.05) is 6.61 Å². The summed E-state index contributed by atoms with van der Waals surface area (Å²) in [5.74, 6) is -0.0907. The number of nitro groups is 1. The van der Waals surface area contributed by atoms with Gasteiger partial charge >= 0.3 is 29.6 Å². The summed E-state index contributed by atoms with van der Waals surface area (Å²) in [6, 6.07) is 3.51. The fraction of sp³-hybridized carbons (Fsp3) is 0.400. The third-order valence-corrected chi connectivity index (χ3v) is 2.96. The van der Waals surface area contributed by atoms with Gasteiger partial charge in [0.2, 0.25) is 8.17 Å². The number of hydrogen-bond donors (Lipinski definition) is 1. The van der Waals surface area contributed by atoms with E-state index in [1.165, 1.54) is 19.9 Å². The van der Waals surface area contributed by atoms with Crippen LogP contribution in [0.5, 0.6) is 5.75 Å². The Morgan fingerprint density at radius 3 is 2.50 bits per heavy atom. The van der Waals surface area contributed by atoms with Crippen LogP contribution in [0.15, 0.2) is 18.2 Å². The molecular weight excluding hydrogens is 300 g/mol. The van der Waals surface area contributed by atoms with Gasteiger partial charge in [-0.2, -0.15) is 0 Å². The second-order valence-electron chi connectivity index (χ2n) is 3.89. The van der Waals surface area contributed by atoms with E-state index < -0.39 is 25.8 Å². The Kier molecular flexibility index (Phi) is 8.08. The summed E-state index contributed by atoms with van der Waals surface area (Å²) in [7, 11) is -4.61. The summed E-state index contributed by atoms with van der Waals surface area (Å²) in [4.78, 5) is 32.8. The average Bonchev–Trinajstić information content (AvgIpc) is 2.25. The summed E-state index contributed by atoms with van der Waals surface area (Å²) < 4.78 is 9.02. The minimum atomic E-state index is -4.61. The summed E-state index contributed by atoms with van der Waals surface area (Å²) in [5.41, 5.74) is 0.121. The molecule has 0 radical (unpaired) electrons. The zero-order valence-electron chi connectivity index (χ0n) is 11.3. The summed E-state index contributed by atoms with van der Waals surface area (Å²) >= 11 is 0. The molecule has 1 rings (SSSR count). The Morgan fingerprint density at radius 1 is 1.45 bits per heavy atom. The normalized spacial score (nSPS) is 12.4. The van der Waals surface area contributed by atoms with Crippen LogP contribution in [0.1, 0.15) is 12.5 Å². The number of hydrogen-bond acceptors (Lipinski definition) is 7. The molecule has 10 heteroatoms. The zero-order chi connectivity index (χ0) is 14.6. The van der Waals surface area contributed by atoms with Crippen LogP contribution in [-0.4, -0.2) is 22.7 Å². The number of nitro benzene ring substituents is 1. The maximum Gasteiger partial charge on any atom is 1.00 e. The van der Waals surface area contributed by atoms with Crippen molar-refractivity contribution in [3.8, 4) is 5.75 Å². The van der Waals surface area contributed by atoms with Gasteiger partial charge in [-0.3, -0.25) is 10.1 Å². The van der Waals surface area contributed by atoms with E-state index in [2.05, 4.69) is 9.05 Å². The van der Waals surface area contributed by atoms with Crippen molar-refractivity contribution in [2.45, 2.75) is 20.0 Å². The number of nitrogens with zero attached hydrogens (tertiary/aromatic N) is 1. The molecule has 0 fully saturated rings. The van der Waals surface area contributed by atoms with Crippen molar-refractivity contribution in [1.82, 2.24) is 0 Å². The second kappa shape index (κ2) is 8.21. The molecule has 0 spiro atoms. The number of benzene rings is 1. The molecule has 8 nitrogen and oxygen atoms in total. The Balaban J connectivity index is 0.00000361. The van der Waals surface area contributed by atoms with Crippen LogP contribution in [0.4, 0.5) is 5.69 Å². The number of rotatable bonds is 6. The number of phosphoric ester groups is 1. The van der Waals surface area contributed by atoms with Crippen LogP contribution in [0.3, 0.4) is 0 Å². The molecule has 0 saturated carbocycles. The van der Waals surface area contributed by atoms with Crippen LogP contribution >= 0.6 is 8.17 Å². The summed E-state index contributed by atoms with van der Waals surface area (Å²) in [6.45, 7) is 2.39. The quantitative estimate of drug-likeness (QED) is 0.258. The van der Waals surface area contributed by atoms with Gasteiger partial charge in [0, 0.05) is 11.6 Å². The second-order valence-corrected chi connectivity index (χ2v) is 5.22. The monoisotopic (exact) mass is 313 g/mol. The molecule has 0 aliphatic heterocycles. The van der Waals surface area contributed by atoms with Crippen molar-refractivity contribution in [2.24, 2.45) is 0 Å². The van der Waals surface area contributed by atoms with Crippen LogP contribution in [0.25, 0.3) is 0 Å². The molecule has 1 N–H and O–H groups in total. The van der Waals surface area contributed by atoms with E-state index in [-0.39, 0.29) is 46.6 Å². The molecule has 1 aromatic carbocycles. The molecule has 0 aliphatic rings. The van der Waals surface area contributed by atoms with Gasteiger partial charge in [0.15, 0.2) is 5.75 Å². The Bertz CT molecular complexity index is 469. The third kappa shape index (κ3) is 6.43. The van der Waals surface area contributed by atoms with Crippen LogP contribution in [0, 0.1) is 17.0 Å². The van der Waals surface area contributed by atoms with E-state index in [1.807, 2.05) is 0 Å². The minimum Gasteiger partial charge on any atom is -0.627 e. The van der Waals surface area contributed by atoms with E-state index in [0.29, 0.717) is 0 Å². The Hall–Kier alpha value is -0.310. The van der Waals surface area contributed by atoms with Gasteiger partial charge in [-0.1, -0.05) is 0 Å². The summed E-state index contributed by atoms with van der Waals surface area (Å²) in [6.07, 6.45) is -0.954. The van der Waals surface area contributed by atoms with Crippen molar-refractivity contribution >= 4 is 13.9 Å². The third-order valence-electron chi connectivity index (χ3n) is 2.06. The van der Waals surface area contributed by atoms with E-state index in [4.69, 9.17) is 5.11 Å². The van der Waals surface area contributed by atoms with Crippen LogP contribution < -0.4 is 43.9 Å². The maximum atomic E-state index is 11.4. The molecule has 20 heavy (non-hydrogen) atoms. The SMILES string of the molecule is Cc1cc(O[P+]([O-])([O-])OCC(C)O)ccc1[N+](=O)[O-].[Na+].